The first kappa shape index (κ1) is 33.8. The van der Waals surface area contributed by atoms with Crippen LogP contribution in [0.5, 0.6) is 0 Å². The van der Waals surface area contributed by atoms with Gasteiger partial charge in [-0.1, -0.05) is 73.5 Å². The third-order valence-electron chi connectivity index (χ3n) is 9.31. The van der Waals surface area contributed by atoms with Gasteiger partial charge in [-0.05, 0) is 68.9 Å². The van der Waals surface area contributed by atoms with E-state index in [0.717, 1.165) is 36.0 Å². The molecule has 5 atom stereocenters. The minimum atomic E-state index is -1.43. The molecule has 3 N–H and O–H groups in total. The zero-order chi connectivity index (χ0) is 34.8. The summed E-state index contributed by atoms with van der Waals surface area (Å²) in [6.45, 7) is 5.28. The highest BCUT2D eigenvalue weighted by molar-refractivity contribution is 5.96. The monoisotopic (exact) mass is 669 g/mol. The molecule has 0 radical (unpaired) electrons. The Labute approximate surface area is 285 Å². The van der Waals surface area contributed by atoms with Crippen molar-refractivity contribution in [2.75, 3.05) is 6.54 Å². The van der Waals surface area contributed by atoms with Crippen LogP contribution in [0.3, 0.4) is 0 Å². The molecule has 2 aromatic carbocycles. The van der Waals surface area contributed by atoms with Crippen LogP contribution >= 0.6 is 0 Å². The molecule has 6 rings (SSSR count). The molecule has 13 nitrogen and oxygen atoms in total. The summed E-state index contributed by atoms with van der Waals surface area (Å²) in [6, 6.07) is 15.2. The Morgan fingerprint density at radius 1 is 1.02 bits per heavy atom. The molecular formula is C36H43N7O6. The number of nitrogens with one attached hydrogen (secondary N) is 2. The van der Waals surface area contributed by atoms with Gasteiger partial charge in [-0.15, -0.1) is 10.2 Å². The minimum Gasteiger partial charge on any atom is -0.479 e. The number of amides is 3. The maximum atomic E-state index is 14.3. The number of nitrogens with zero attached hydrogens (tertiary/aromatic N) is 5. The molecule has 1 aromatic heterocycles. The lowest BCUT2D eigenvalue weighted by molar-refractivity contribution is -0.145. The second-order valence-electron chi connectivity index (χ2n) is 14.1. The van der Waals surface area contributed by atoms with Crippen molar-refractivity contribution in [2.45, 2.75) is 95.0 Å². The quantitative estimate of drug-likeness (QED) is 0.331. The van der Waals surface area contributed by atoms with Gasteiger partial charge in [0.25, 0.3) is 0 Å². The van der Waals surface area contributed by atoms with Crippen LogP contribution in [0, 0.1) is 5.92 Å². The van der Waals surface area contributed by atoms with Gasteiger partial charge in [-0.25, -0.2) is 9.59 Å². The van der Waals surface area contributed by atoms with Crippen LogP contribution in [0.4, 0.5) is 4.79 Å². The van der Waals surface area contributed by atoms with E-state index >= 15 is 0 Å². The lowest BCUT2D eigenvalue weighted by Gasteiger charge is -2.30. The second-order valence-corrected chi connectivity index (χ2v) is 14.1. The number of allylic oxidation sites excluding steroid dienone is 1. The fraction of sp³-hybridized carbons (Fsp3) is 0.472. The third kappa shape index (κ3) is 7.65. The first-order valence-electron chi connectivity index (χ1n) is 16.9. The number of rotatable bonds is 5. The lowest BCUT2D eigenvalue weighted by Crippen LogP contribution is -2.56. The fourth-order valence-corrected chi connectivity index (χ4v) is 6.66. The zero-order valence-corrected chi connectivity index (χ0v) is 28.0. The Morgan fingerprint density at radius 2 is 1.78 bits per heavy atom. The third-order valence-corrected chi connectivity index (χ3v) is 9.31. The first-order valence-corrected chi connectivity index (χ1v) is 16.9. The SMILES string of the molecule is CC(C)(C)OC(=O)N[C@H]1CCCCCC=C[C@@H]2C[C@@]2(C(=O)O)NC(=O)[C@@H]2C[C@@H](n3nnc(-c4cccc(-c5ccccc5)c4)n3)CN2C1=O. The van der Waals surface area contributed by atoms with E-state index in [1.165, 1.54) is 9.70 Å². The molecule has 13 heteroatoms. The Hall–Kier alpha value is -5.07. The number of carboxylic acid groups (broad SMARTS) is 1. The van der Waals surface area contributed by atoms with Crippen LogP contribution in [0.1, 0.15) is 71.8 Å². The highest BCUT2D eigenvalue weighted by Gasteiger charge is 2.61. The van der Waals surface area contributed by atoms with Crippen molar-refractivity contribution in [1.82, 2.24) is 35.7 Å². The number of hydrogen-bond donors (Lipinski definition) is 3. The van der Waals surface area contributed by atoms with Gasteiger partial charge in [0.2, 0.25) is 17.6 Å². The van der Waals surface area contributed by atoms with Gasteiger partial charge in [-0.3, -0.25) is 9.59 Å². The zero-order valence-electron chi connectivity index (χ0n) is 28.0. The van der Waals surface area contributed by atoms with E-state index in [1.807, 2.05) is 66.7 Å². The van der Waals surface area contributed by atoms with E-state index in [2.05, 4.69) is 26.0 Å². The van der Waals surface area contributed by atoms with Crippen LogP contribution in [0.2, 0.25) is 0 Å². The van der Waals surface area contributed by atoms with Crippen molar-refractivity contribution in [1.29, 1.82) is 0 Å². The molecule has 49 heavy (non-hydrogen) atoms. The molecule has 1 aliphatic carbocycles. The molecule has 2 aliphatic heterocycles. The highest BCUT2D eigenvalue weighted by atomic mass is 16.6. The summed E-state index contributed by atoms with van der Waals surface area (Å²) in [7, 11) is 0. The van der Waals surface area contributed by atoms with Crippen LogP contribution < -0.4 is 10.6 Å². The van der Waals surface area contributed by atoms with Crippen molar-refractivity contribution in [3.8, 4) is 22.5 Å². The van der Waals surface area contributed by atoms with E-state index < -0.39 is 53.1 Å². The van der Waals surface area contributed by atoms with Gasteiger partial charge in [0.1, 0.15) is 23.2 Å². The molecular weight excluding hydrogens is 626 g/mol. The molecule has 0 bridgehead atoms. The number of benzene rings is 2. The molecule has 3 heterocycles. The van der Waals surface area contributed by atoms with Gasteiger partial charge in [-0.2, -0.15) is 4.80 Å². The number of carbonyl (C=O) groups excluding carboxylic acids is 3. The summed E-state index contributed by atoms with van der Waals surface area (Å²) in [5, 5.41) is 28.9. The molecule has 0 unspecified atom stereocenters. The van der Waals surface area contributed by atoms with Gasteiger partial charge >= 0.3 is 12.1 Å². The van der Waals surface area contributed by atoms with Crippen LogP contribution in [0.15, 0.2) is 66.7 Å². The number of fused-ring (bicyclic) bond motifs is 2. The normalized spacial score (nSPS) is 26.1. The van der Waals surface area contributed by atoms with E-state index in [1.54, 1.807) is 20.8 Å². The van der Waals surface area contributed by atoms with Crippen molar-refractivity contribution in [3.63, 3.8) is 0 Å². The molecule has 258 valence electrons. The topological polar surface area (TPSA) is 169 Å². The number of alkyl carbamates (subject to hydrolysis) is 1. The predicted octanol–water partition coefficient (Wildman–Crippen LogP) is 4.52. The number of tetrazole rings is 1. The van der Waals surface area contributed by atoms with E-state index in [0.29, 0.717) is 18.7 Å². The predicted molar refractivity (Wildman–Crippen MR) is 180 cm³/mol. The molecule has 3 amide bonds. The lowest BCUT2D eigenvalue weighted by atomic mass is 10.0. The van der Waals surface area contributed by atoms with Gasteiger partial charge < -0.3 is 25.4 Å². The van der Waals surface area contributed by atoms with Gasteiger partial charge in [0.05, 0.1) is 6.04 Å². The maximum absolute atomic E-state index is 14.3. The molecule has 2 fully saturated rings. The Balaban J connectivity index is 1.29. The summed E-state index contributed by atoms with van der Waals surface area (Å²) in [4.78, 5) is 56.3. The summed E-state index contributed by atoms with van der Waals surface area (Å²) < 4.78 is 5.47. The summed E-state index contributed by atoms with van der Waals surface area (Å²) in [5.41, 5.74) is 0.587. The van der Waals surface area contributed by atoms with Crippen molar-refractivity contribution in [2.24, 2.45) is 5.92 Å². The number of carbonyl (C=O) groups is 4. The second kappa shape index (κ2) is 13.8. The van der Waals surface area contributed by atoms with Crippen LogP contribution in [0.25, 0.3) is 22.5 Å². The summed E-state index contributed by atoms with van der Waals surface area (Å²) >= 11 is 0. The van der Waals surface area contributed by atoms with Crippen LogP contribution in [-0.2, 0) is 19.1 Å². The van der Waals surface area contributed by atoms with E-state index in [-0.39, 0.29) is 25.3 Å². The van der Waals surface area contributed by atoms with Crippen molar-refractivity contribution >= 4 is 23.9 Å². The number of ether oxygens (including phenoxy) is 1. The standard InChI is InChI=1S/C36H43N7O6/c1-35(2,3)49-34(48)37-28-18-11-6-4-5-10-17-26-21-36(26,33(46)47)38-31(44)29-20-27(22-42(29)32(28)45)43-40-30(39-41-43)25-16-12-15-24(19-25)23-13-8-7-9-14-23/h7-10,12-17,19,26-29H,4-6,11,18,20-22H2,1-3H3,(H,37,48)(H,38,44)(H,46,47)/t26-,27-,28+,29+,36-/m1/s1. The van der Waals surface area contributed by atoms with Gasteiger partial charge in [0, 0.05) is 24.4 Å². The Morgan fingerprint density at radius 3 is 2.53 bits per heavy atom. The Kier molecular flexibility index (Phi) is 9.53. The smallest absolute Gasteiger partial charge is 0.408 e. The number of hydrogen-bond acceptors (Lipinski definition) is 8. The summed E-state index contributed by atoms with van der Waals surface area (Å²) in [6.07, 6.45) is 6.91. The maximum Gasteiger partial charge on any atom is 0.408 e. The minimum absolute atomic E-state index is 0.0622. The number of carboxylic acids is 1. The fourth-order valence-electron chi connectivity index (χ4n) is 6.66. The highest BCUT2D eigenvalue weighted by Crippen LogP contribution is 2.45. The number of aromatic nitrogens is 4. The first-order chi connectivity index (χ1) is 23.4. The van der Waals surface area contributed by atoms with Crippen molar-refractivity contribution < 1.29 is 29.0 Å². The average Bonchev–Trinajstić information content (AvgIpc) is 3.38. The largest absolute Gasteiger partial charge is 0.479 e. The Bertz CT molecular complexity index is 1730. The van der Waals surface area contributed by atoms with E-state index in [9.17, 15) is 24.3 Å². The van der Waals surface area contributed by atoms with E-state index in [4.69, 9.17) is 4.74 Å². The van der Waals surface area contributed by atoms with Crippen molar-refractivity contribution in [3.05, 3.63) is 66.7 Å². The molecule has 3 aliphatic rings. The van der Waals surface area contributed by atoms with Gasteiger partial charge in [0.15, 0.2) is 0 Å². The summed E-state index contributed by atoms with van der Waals surface area (Å²) in [5.74, 6) is -2.09. The molecule has 3 aromatic rings. The average molecular weight is 670 g/mol. The molecule has 1 saturated carbocycles. The number of aliphatic carboxylic acids is 1. The van der Waals surface area contributed by atoms with Crippen LogP contribution in [-0.4, -0.2) is 83.9 Å². The molecule has 1 saturated heterocycles. The molecule has 0 spiro atoms.